The van der Waals surface area contributed by atoms with Crippen LogP contribution in [0.25, 0.3) is 0 Å². The van der Waals surface area contributed by atoms with E-state index in [1.165, 1.54) is 0 Å². The van der Waals surface area contributed by atoms with E-state index in [0.29, 0.717) is 0 Å². The lowest BCUT2D eigenvalue weighted by Gasteiger charge is -2.26. The van der Waals surface area contributed by atoms with Crippen LogP contribution in [-0.4, -0.2) is 6.43 Å². The molecular weight excluding hydrogens is 146 g/mol. The molecule has 1 saturated carbocycles. The summed E-state index contributed by atoms with van der Waals surface area (Å²) in [5.41, 5.74) is 0. The average Bonchev–Trinajstić information content (AvgIpc) is 2.05. The molecule has 0 saturated heterocycles. The van der Waals surface area contributed by atoms with Crippen molar-refractivity contribution in [2.75, 3.05) is 0 Å². The van der Waals surface area contributed by atoms with E-state index in [1.807, 2.05) is 0 Å². The quantitative estimate of drug-likeness (QED) is 0.583. The van der Waals surface area contributed by atoms with Crippen molar-refractivity contribution < 1.29 is 8.78 Å². The number of rotatable bonds is 2. The van der Waals surface area contributed by atoms with Crippen LogP contribution >= 0.6 is 0 Å². The number of halogens is 2. The molecule has 11 heavy (non-hydrogen) atoms. The molecular formula is C9H16F2. The van der Waals surface area contributed by atoms with Crippen molar-refractivity contribution in [3.63, 3.8) is 0 Å². The molecule has 0 N–H and O–H groups in total. The van der Waals surface area contributed by atoms with Crippen LogP contribution in [0.15, 0.2) is 0 Å². The van der Waals surface area contributed by atoms with Gasteiger partial charge < -0.3 is 0 Å². The van der Waals surface area contributed by atoms with Gasteiger partial charge in [-0.25, -0.2) is 8.78 Å². The molecule has 0 atom stereocenters. The monoisotopic (exact) mass is 162 g/mol. The molecule has 66 valence electrons. The minimum atomic E-state index is -2.08. The van der Waals surface area contributed by atoms with Crippen molar-refractivity contribution in [3.05, 3.63) is 0 Å². The smallest absolute Gasteiger partial charge is 0.210 e. The van der Waals surface area contributed by atoms with Crippen molar-refractivity contribution in [1.29, 1.82) is 0 Å². The van der Waals surface area contributed by atoms with Crippen LogP contribution in [0.2, 0.25) is 0 Å². The standard InChI is InChI=1S/C9H16F2/c1-2-7-3-5-8(6-4-7)9(10)11/h7-9H,2-6H2,1H3/t7-,8-. The maximum Gasteiger partial charge on any atom is 0.241 e. The van der Waals surface area contributed by atoms with Crippen LogP contribution in [0, 0.1) is 11.8 Å². The van der Waals surface area contributed by atoms with Crippen LogP contribution in [0.5, 0.6) is 0 Å². The van der Waals surface area contributed by atoms with Gasteiger partial charge in [-0.1, -0.05) is 13.3 Å². The Morgan fingerprint density at radius 3 is 2.09 bits per heavy atom. The molecule has 1 aliphatic carbocycles. The summed E-state index contributed by atoms with van der Waals surface area (Å²) in [5, 5.41) is 0. The first-order valence-electron chi connectivity index (χ1n) is 4.52. The van der Waals surface area contributed by atoms with E-state index in [4.69, 9.17) is 0 Å². The van der Waals surface area contributed by atoms with E-state index in [9.17, 15) is 8.78 Å². The lowest BCUT2D eigenvalue weighted by molar-refractivity contribution is 0.0462. The van der Waals surface area contributed by atoms with Gasteiger partial charge in [0.1, 0.15) is 0 Å². The van der Waals surface area contributed by atoms with Crippen LogP contribution in [-0.2, 0) is 0 Å². The molecule has 0 nitrogen and oxygen atoms in total. The van der Waals surface area contributed by atoms with Crippen molar-refractivity contribution in [2.45, 2.75) is 45.5 Å². The largest absolute Gasteiger partial charge is 0.241 e. The second-order valence-electron chi connectivity index (χ2n) is 3.52. The Hall–Kier alpha value is -0.140. The highest BCUT2D eigenvalue weighted by atomic mass is 19.3. The molecule has 0 spiro atoms. The Balaban J connectivity index is 2.24. The summed E-state index contributed by atoms with van der Waals surface area (Å²) in [6, 6.07) is 0. The zero-order chi connectivity index (χ0) is 8.27. The maximum absolute atomic E-state index is 12.2. The van der Waals surface area contributed by atoms with E-state index < -0.39 is 6.43 Å². The first-order valence-corrected chi connectivity index (χ1v) is 4.52. The number of alkyl halides is 2. The molecule has 0 heterocycles. The molecule has 0 aromatic heterocycles. The van der Waals surface area contributed by atoms with Gasteiger partial charge in [-0.2, -0.15) is 0 Å². The van der Waals surface area contributed by atoms with Crippen LogP contribution in [0.1, 0.15) is 39.0 Å². The summed E-state index contributed by atoms with van der Waals surface area (Å²) < 4.78 is 24.3. The van der Waals surface area contributed by atoms with Crippen LogP contribution in [0.3, 0.4) is 0 Å². The lowest BCUT2D eigenvalue weighted by atomic mass is 9.81. The van der Waals surface area contributed by atoms with Crippen LogP contribution in [0.4, 0.5) is 8.78 Å². The Kier molecular flexibility index (Phi) is 3.28. The van der Waals surface area contributed by atoms with Gasteiger partial charge in [0.15, 0.2) is 0 Å². The number of hydrogen-bond acceptors (Lipinski definition) is 0. The molecule has 0 aliphatic heterocycles. The summed E-state index contributed by atoms with van der Waals surface area (Å²) in [6.45, 7) is 2.15. The summed E-state index contributed by atoms with van der Waals surface area (Å²) in [5.74, 6) is 0.433. The zero-order valence-electron chi connectivity index (χ0n) is 7.02. The van der Waals surface area contributed by atoms with Gasteiger partial charge in [0, 0.05) is 5.92 Å². The highest BCUT2D eigenvalue weighted by Gasteiger charge is 2.26. The van der Waals surface area contributed by atoms with Crippen molar-refractivity contribution in [3.8, 4) is 0 Å². The third-order valence-electron chi connectivity index (χ3n) is 2.83. The molecule has 2 heteroatoms. The first kappa shape index (κ1) is 8.95. The summed E-state index contributed by atoms with van der Waals surface area (Å²) in [7, 11) is 0. The predicted octanol–water partition coefficient (Wildman–Crippen LogP) is 3.47. The SMILES string of the molecule is CC[C@H]1CC[C@H](C(F)F)CC1. The van der Waals surface area contributed by atoms with E-state index in [0.717, 1.165) is 38.0 Å². The highest BCUT2D eigenvalue weighted by Crippen LogP contribution is 2.33. The molecule has 1 fully saturated rings. The van der Waals surface area contributed by atoms with Crippen LogP contribution < -0.4 is 0 Å². The Morgan fingerprint density at radius 1 is 1.18 bits per heavy atom. The first-order chi connectivity index (χ1) is 5.24. The summed E-state index contributed by atoms with van der Waals surface area (Å²) in [6.07, 6.45) is 2.62. The Bertz CT molecular complexity index is 104. The molecule has 0 aromatic carbocycles. The predicted molar refractivity (Wildman–Crippen MR) is 41.7 cm³/mol. The maximum atomic E-state index is 12.2. The van der Waals surface area contributed by atoms with Gasteiger partial charge in [-0.3, -0.25) is 0 Å². The van der Waals surface area contributed by atoms with E-state index in [-0.39, 0.29) is 5.92 Å². The van der Waals surface area contributed by atoms with Crippen molar-refractivity contribution in [1.82, 2.24) is 0 Å². The Labute approximate surface area is 67.0 Å². The average molecular weight is 162 g/mol. The molecule has 1 aliphatic rings. The third kappa shape index (κ3) is 2.42. The topological polar surface area (TPSA) is 0 Å². The second kappa shape index (κ2) is 4.03. The van der Waals surface area contributed by atoms with Gasteiger partial charge in [0.05, 0.1) is 0 Å². The zero-order valence-corrected chi connectivity index (χ0v) is 7.02. The van der Waals surface area contributed by atoms with Crippen molar-refractivity contribution >= 4 is 0 Å². The van der Waals surface area contributed by atoms with Gasteiger partial charge in [-0.05, 0) is 31.6 Å². The van der Waals surface area contributed by atoms with E-state index in [1.54, 1.807) is 0 Å². The van der Waals surface area contributed by atoms with E-state index >= 15 is 0 Å². The van der Waals surface area contributed by atoms with Crippen molar-refractivity contribution in [2.24, 2.45) is 11.8 Å². The summed E-state index contributed by atoms with van der Waals surface area (Å²) in [4.78, 5) is 0. The van der Waals surface area contributed by atoms with Gasteiger partial charge in [-0.15, -0.1) is 0 Å². The lowest BCUT2D eigenvalue weighted by Crippen LogP contribution is -2.19. The van der Waals surface area contributed by atoms with Gasteiger partial charge in [0.25, 0.3) is 0 Å². The minimum Gasteiger partial charge on any atom is -0.210 e. The molecule has 0 radical (unpaired) electrons. The third-order valence-corrected chi connectivity index (χ3v) is 2.83. The molecule has 0 amide bonds. The Morgan fingerprint density at radius 2 is 1.73 bits per heavy atom. The number of hydrogen-bond donors (Lipinski definition) is 0. The van der Waals surface area contributed by atoms with E-state index in [2.05, 4.69) is 6.92 Å². The molecule has 0 aromatic rings. The highest BCUT2D eigenvalue weighted by molar-refractivity contribution is 4.72. The second-order valence-corrected chi connectivity index (χ2v) is 3.52. The normalized spacial score (nSPS) is 32.7. The molecule has 1 rings (SSSR count). The summed E-state index contributed by atoms with van der Waals surface area (Å²) >= 11 is 0. The molecule has 0 bridgehead atoms. The minimum absolute atomic E-state index is 0.294. The fraction of sp³-hybridized carbons (Fsp3) is 1.00. The molecule has 0 unspecified atom stereocenters. The fourth-order valence-electron chi connectivity index (χ4n) is 1.85. The fourth-order valence-corrected chi connectivity index (χ4v) is 1.85. The van der Waals surface area contributed by atoms with Gasteiger partial charge >= 0.3 is 0 Å². The van der Waals surface area contributed by atoms with Gasteiger partial charge in [0.2, 0.25) is 6.43 Å².